The molecule has 5 heteroatoms. The maximum absolute atomic E-state index is 12.1. The molecule has 2 aromatic rings. The fourth-order valence-electron chi connectivity index (χ4n) is 2.37. The summed E-state index contributed by atoms with van der Waals surface area (Å²) in [5.74, 6) is -1.21. The van der Waals surface area contributed by atoms with Crippen molar-refractivity contribution in [2.45, 2.75) is 12.8 Å². The Bertz CT molecular complexity index is 912. The minimum absolute atomic E-state index is 0.0481. The lowest BCUT2D eigenvalue weighted by Crippen LogP contribution is -2.14. The van der Waals surface area contributed by atoms with E-state index in [2.05, 4.69) is 18.5 Å². The number of phenolic OH excluding ortho intramolecular Hbond substituents is 1. The summed E-state index contributed by atoms with van der Waals surface area (Å²) in [6.45, 7) is 7.85. The summed E-state index contributed by atoms with van der Waals surface area (Å²) in [5.41, 5.74) is 2.56. The second-order valence-corrected chi connectivity index (χ2v) is 5.97. The highest BCUT2D eigenvalue weighted by Gasteiger charge is 2.11. The number of hydrogen-bond donors (Lipinski definition) is 3. The van der Waals surface area contributed by atoms with Gasteiger partial charge in [-0.3, -0.25) is 4.79 Å². The van der Waals surface area contributed by atoms with Gasteiger partial charge in [-0.05, 0) is 41.8 Å². The molecule has 0 bridgehead atoms. The van der Waals surface area contributed by atoms with Gasteiger partial charge in [0.05, 0.1) is 11.3 Å². The van der Waals surface area contributed by atoms with Crippen molar-refractivity contribution in [1.29, 1.82) is 0 Å². The summed E-state index contributed by atoms with van der Waals surface area (Å²) in [6, 6.07) is 13.0. The number of anilines is 1. The zero-order valence-electron chi connectivity index (χ0n) is 14.8. The van der Waals surface area contributed by atoms with Crippen LogP contribution in [0.4, 0.5) is 5.69 Å². The van der Waals surface area contributed by atoms with Crippen molar-refractivity contribution >= 4 is 23.1 Å². The van der Waals surface area contributed by atoms with Crippen LogP contribution in [-0.2, 0) is 4.79 Å². The number of benzene rings is 2. The Morgan fingerprint density at radius 2 is 1.74 bits per heavy atom. The monoisotopic (exact) mass is 363 g/mol. The average Bonchev–Trinajstić information content (AvgIpc) is 2.64. The molecule has 1 amide bonds. The van der Waals surface area contributed by atoms with E-state index in [9.17, 15) is 14.7 Å². The summed E-state index contributed by atoms with van der Waals surface area (Å²) in [7, 11) is 0. The second kappa shape index (κ2) is 9.20. The molecule has 2 rings (SSSR count). The predicted molar refractivity (Wildman–Crippen MR) is 107 cm³/mol. The number of nitrogens with one attached hydrogen (secondary N) is 1. The summed E-state index contributed by atoms with van der Waals surface area (Å²) >= 11 is 0. The number of phenols is 1. The van der Waals surface area contributed by atoms with Gasteiger partial charge in [0.2, 0.25) is 5.91 Å². The maximum atomic E-state index is 12.1. The number of carbonyl (C=O) groups is 2. The van der Waals surface area contributed by atoms with Crippen LogP contribution in [0.3, 0.4) is 0 Å². The summed E-state index contributed by atoms with van der Waals surface area (Å²) in [5, 5.41) is 21.2. The minimum atomic E-state index is -1.09. The number of carboxylic acids is 1. The Morgan fingerprint density at radius 3 is 2.44 bits per heavy atom. The normalized spacial score (nSPS) is 10.5. The van der Waals surface area contributed by atoms with Crippen molar-refractivity contribution in [1.82, 2.24) is 0 Å². The molecule has 0 aliphatic carbocycles. The molecule has 2 aromatic carbocycles. The van der Waals surface area contributed by atoms with E-state index >= 15 is 0 Å². The maximum Gasteiger partial charge on any atom is 0.337 e. The van der Waals surface area contributed by atoms with Crippen molar-refractivity contribution in [3.8, 4) is 5.75 Å². The van der Waals surface area contributed by atoms with Gasteiger partial charge in [0.1, 0.15) is 5.75 Å². The summed E-state index contributed by atoms with van der Waals surface area (Å²) in [4.78, 5) is 23.2. The van der Waals surface area contributed by atoms with Gasteiger partial charge in [-0.1, -0.05) is 55.1 Å². The number of para-hydroxylation sites is 1. The Balaban J connectivity index is 1.87. The van der Waals surface area contributed by atoms with Gasteiger partial charge in [-0.2, -0.15) is 0 Å². The molecule has 0 saturated carbocycles. The molecule has 0 spiro atoms. The Kier molecular flexibility index (Phi) is 6.72. The Labute approximate surface area is 158 Å². The van der Waals surface area contributed by atoms with Gasteiger partial charge in [-0.25, -0.2) is 4.79 Å². The molecule has 0 atom stereocenters. The van der Waals surface area contributed by atoms with Crippen LogP contribution in [0.25, 0.3) is 5.57 Å². The highest BCUT2D eigenvalue weighted by Crippen LogP contribution is 2.20. The second-order valence-electron chi connectivity index (χ2n) is 5.97. The third-order valence-electron chi connectivity index (χ3n) is 3.84. The lowest BCUT2D eigenvalue weighted by Gasteiger charge is -2.08. The van der Waals surface area contributed by atoms with Crippen LogP contribution in [0.1, 0.15) is 28.8 Å². The molecular weight excluding hydrogens is 342 g/mol. The van der Waals surface area contributed by atoms with Gasteiger partial charge < -0.3 is 15.5 Å². The van der Waals surface area contributed by atoms with Crippen LogP contribution in [0.15, 0.2) is 79.4 Å². The van der Waals surface area contributed by atoms with Crippen LogP contribution in [0.5, 0.6) is 5.75 Å². The molecular formula is C22H21NO4. The molecule has 0 saturated heterocycles. The molecule has 0 heterocycles. The van der Waals surface area contributed by atoms with Gasteiger partial charge in [0.15, 0.2) is 0 Å². The van der Waals surface area contributed by atoms with Gasteiger partial charge in [0, 0.05) is 6.42 Å². The van der Waals surface area contributed by atoms with E-state index in [1.165, 1.54) is 6.07 Å². The lowest BCUT2D eigenvalue weighted by atomic mass is 10.0. The standard InChI is InChI=1S/C22H21NO4/c1-15(10-12-16(2)17-6-5-7-18(24)14-17)11-13-21(25)23-20-9-4-3-8-19(20)22(26)27/h3-10,12,14,24H,1-2,11,13H2,(H,23,25)(H,26,27)/b12-10-. The van der Waals surface area contributed by atoms with Gasteiger partial charge in [-0.15, -0.1) is 0 Å². The average molecular weight is 363 g/mol. The molecule has 0 radical (unpaired) electrons. The van der Waals surface area contributed by atoms with Crippen molar-refractivity contribution in [2.24, 2.45) is 0 Å². The topological polar surface area (TPSA) is 86.6 Å². The van der Waals surface area contributed by atoms with Gasteiger partial charge >= 0.3 is 5.97 Å². The number of rotatable bonds is 8. The quantitative estimate of drug-likeness (QED) is 0.597. The first-order valence-corrected chi connectivity index (χ1v) is 8.33. The van der Waals surface area contributed by atoms with Crippen LogP contribution in [0, 0.1) is 0 Å². The summed E-state index contributed by atoms with van der Waals surface area (Å²) in [6.07, 6.45) is 4.14. The van der Waals surface area contributed by atoms with E-state index in [-0.39, 0.29) is 29.3 Å². The zero-order valence-corrected chi connectivity index (χ0v) is 14.8. The summed E-state index contributed by atoms with van der Waals surface area (Å²) < 4.78 is 0. The number of amides is 1. The number of aromatic hydroxyl groups is 1. The molecule has 0 aromatic heterocycles. The van der Waals surface area contributed by atoms with Crippen molar-refractivity contribution in [3.63, 3.8) is 0 Å². The number of allylic oxidation sites excluding steroid dienone is 4. The van der Waals surface area contributed by atoms with Crippen LogP contribution in [-0.4, -0.2) is 22.1 Å². The first kappa shape index (κ1) is 19.7. The largest absolute Gasteiger partial charge is 0.508 e. The molecule has 0 aliphatic rings. The third kappa shape index (κ3) is 6.01. The number of aromatic carboxylic acids is 1. The first-order valence-electron chi connectivity index (χ1n) is 8.33. The van der Waals surface area contributed by atoms with Crippen LogP contribution < -0.4 is 5.32 Å². The predicted octanol–water partition coefficient (Wildman–Crippen LogP) is 4.63. The molecule has 138 valence electrons. The molecule has 27 heavy (non-hydrogen) atoms. The van der Waals surface area contributed by atoms with Gasteiger partial charge in [0.25, 0.3) is 0 Å². The third-order valence-corrected chi connectivity index (χ3v) is 3.84. The van der Waals surface area contributed by atoms with E-state index in [4.69, 9.17) is 5.11 Å². The fourth-order valence-corrected chi connectivity index (χ4v) is 2.37. The molecule has 5 nitrogen and oxygen atoms in total. The smallest absolute Gasteiger partial charge is 0.337 e. The van der Waals surface area contributed by atoms with E-state index < -0.39 is 5.97 Å². The Morgan fingerprint density at radius 1 is 1.00 bits per heavy atom. The minimum Gasteiger partial charge on any atom is -0.508 e. The fraction of sp³-hybridized carbons (Fsp3) is 0.0909. The van der Waals surface area contributed by atoms with Crippen LogP contribution in [0.2, 0.25) is 0 Å². The van der Waals surface area contributed by atoms with E-state index in [1.807, 2.05) is 6.07 Å². The molecule has 0 unspecified atom stereocenters. The molecule has 0 fully saturated rings. The highest BCUT2D eigenvalue weighted by atomic mass is 16.4. The van der Waals surface area contributed by atoms with E-state index in [0.717, 1.165) is 11.1 Å². The molecule has 0 aliphatic heterocycles. The lowest BCUT2D eigenvalue weighted by molar-refractivity contribution is -0.116. The van der Waals surface area contributed by atoms with Crippen molar-refractivity contribution in [3.05, 3.63) is 90.5 Å². The number of carbonyl (C=O) groups excluding carboxylic acids is 1. The number of hydrogen-bond acceptors (Lipinski definition) is 3. The van der Waals surface area contributed by atoms with Crippen molar-refractivity contribution < 1.29 is 19.8 Å². The SMILES string of the molecule is C=C(/C=C\C(=C)c1cccc(O)c1)CCC(=O)Nc1ccccc1C(=O)O. The first-order chi connectivity index (χ1) is 12.9. The Hall–Kier alpha value is -3.60. The highest BCUT2D eigenvalue weighted by molar-refractivity contribution is 6.00. The van der Waals surface area contributed by atoms with E-state index in [1.54, 1.807) is 48.6 Å². The van der Waals surface area contributed by atoms with Crippen molar-refractivity contribution in [2.75, 3.05) is 5.32 Å². The van der Waals surface area contributed by atoms with E-state index in [0.29, 0.717) is 12.0 Å². The zero-order chi connectivity index (χ0) is 19.8. The number of carboxylic acid groups (broad SMARTS) is 1. The molecule has 3 N–H and O–H groups in total. The van der Waals surface area contributed by atoms with Crippen LogP contribution >= 0.6 is 0 Å².